The molecule has 15 heavy (non-hydrogen) atoms. The smallest absolute Gasteiger partial charge is 0.327 e. The van der Waals surface area contributed by atoms with Gasteiger partial charge in [-0.15, -0.1) is 6.58 Å². The first-order valence-electron chi connectivity index (χ1n) is 5.20. The summed E-state index contributed by atoms with van der Waals surface area (Å²) >= 11 is 0. The second-order valence-corrected chi connectivity index (χ2v) is 4.21. The minimum atomic E-state index is -0.558. The van der Waals surface area contributed by atoms with Crippen LogP contribution in [-0.4, -0.2) is 49.7 Å². The van der Waals surface area contributed by atoms with E-state index in [4.69, 9.17) is 4.74 Å². The normalized spacial score (nSPS) is 31.5. The fourth-order valence-corrected chi connectivity index (χ4v) is 2.12. The summed E-state index contributed by atoms with van der Waals surface area (Å²) in [5, 5.41) is 3.22. The Morgan fingerprint density at radius 2 is 2.47 bits per heavy atom. The van der Waals surface area contributed by atoms with Crippen LogP contribution in [0.3, 0.4) is 0 Å². The number of hydrogen-bond acceptors (Lipinski definition) is 4. The molecule has 4 heteroatoms. The number of rotatable bonds is 4. The van der Waals surface area contributed by atoms with Gasteiger partial charge in [0.05, 0.1) is 7.11 Å². The number of hydrogen-bond donors (Lipinski definition) is 1. The summed E-state index contributed by atoms with van der Waals surface area (Å²) in [5.41, 5.74) is -0.558. The van der Waals surface area contributed by atoms with E-state index in [9.17, 15) is 4.79 Å². The van der Waals surface area contributed by atoms with Crippen LogP contribution in [0.15, 0.2) is 12.7 Å². The van der Waals surface area contributed by atoms with Crippen molar-refractivity contribution in [1.29, 1.82) is 0 Å². The average molecular weight is 212 g/mol. The van der Waals surface area contributed by atoms with Crippen LogP contribution >= 0.6 is 0 Å². The number of esters is 1. The molecule has 1 aliphatic heterocycles. The minimum Gasteiger partial charge on any atom is -0.468 e. The zero-order valence-electron chi connectivity index (χ0n) is 9.75. The second kappa shape index (κ2) is 4.77. The Kier molecular flexibility index (Phi) is 3.88. The molecule has 1 rings (SSSR count). The maximum absolute atomic E-state index is 11.8. The highest BCUT2D eigenvalue weighted by molar-refractivity contribution is 5.81. The number of methoxy groups -OCH3 is 1. The predicted octanol–water partition coefficient (Wildman–Crippen LogP) is 0.398. The number of carbonyl (C=O) groups is 1. The van der Waals surface area contributed by atoms with Gasteiger partial charge in [0.15, 0.2) is 0 Å². The van der Waals surface area contributed by atoms with Crippen molar-refractivity contribution in [1.82, 2.24) is 10.2 Å². The Labute approximate surface area is 91.3 Å². The third kappa shape index (κ3) is 2.38. The number of carbonyl (C=O) groups excluding carboxylic acids is 1. The van der Waals surface area contributed by atoms with Gasteiger partial charge in [0.1, 0.15) is 5.54 Å². The molecule has 1 saturated heterocycles. The van der Waals surface area contributed by atoms with Crippen LogP contribution in [0.5, 0.6) is 0 Å². The van der Waals surface area contributed by atoms with E-state index in [1.54, 1.807) is 6.08 Å². The van der Waals surface area contributed by atoms with E-state index in [-0.39, 0.29) is 5.97 Å². The molecule has 1 aliphatic rings. The van der Waals surface area contributed by atoms with Gasteiger partial charge in [0.25, 0.3) is 0 Å². The van der Waals surface area contributed by atoms with Crippen LogP contribution in [0.2, 0.25) is 0 Å². The number of ether oxygens (including phenoxy) is 1. The molecule has 2 atom stereocenters. The van der Waals surface area contributed by atoms with Crippen LogP contribution in [0.4, 0.5) is 0 Å². The molecule has 0 aromatic rings. The summed E-state index contributed by atoms with van der Waals surface area (Å²) < 4.78 is 4.87. The molecule has 0 aromatic carbocycles. The molecule has 0 saturated carbocycles. The van der Waals surface area contributed by atoms with E-state index in [0.717, 1.165) is 6.42 Å². The summed E-state index contributed by atoms with van der Waals surface area (Å²) in [5.74, 6) is -0.180. The summed E-state index contributed by atoms with van der Waals surface area (Å²) in [7, 11) is 3.45. The first-order chi connectivity index (χ1) is 7.05. The molecular formula is C11H20N2O2. The first kappa shape index (κ1) is 12.2. The summed E-state index contributed by atoms with van der Waals surface area (Å²) in [4.78, 5) is 13.9. The molecule has 0 aromatic heterocycles. The molecule has 0 bridgehead atoms. The summed E-state index contributed by atoms with van der Waals surface area (Å²) in [6.07, 6.45) is 2.54. The van der Waals surface area contributed by atoms with Crippen LogP contribution in [0, 0.1) is 0 Å². The first-order valence-corrected chi connectivity index (χ1v) is 5.20. The van der Waals surface area contributed by atoms with Crippen LogP contribution in [0.1, 0.15) is 13.3 Å². The van der Waals surface area contributed by atoms with Crippen LogP contribution < -0.4 is 5.32 Å². The summed E-state index contributed by atoms with van der Waals surface area (Å²) in [6, 6.07) is 0.390. The molecule has 86 valence electrons. The van der Waals surface area contributed by atoms with Crippen molar-refractivity contribution in [3.63, 3.8) is 0 Å². The van der Waals surface area contributed by atoms with Gasteiger partial charge in [-0.05, 0) is 20.4 Å². The highest BCUT2D eigenvalue weighted by Crippen LogP contribution is 2.26. The van der Waals surface area contributed by atoms with E-state index in [0.29, 0.717) is 19.1 Å². The van der Waals surface area contributed by atoms with Gasteiger partial charge < -0.3 is 9.64 Å². The number of nitrogens with one attached hydrogen (secondary N) is 1. The van der Waals surface area contributed by atoms with Gasteiger partial charge in [-0.25, -0.2) is 0 Å². The fourth-order valence-electron chi connectivity index (χ4n) is 2.12. The van der Waals surface area contributed by atoms with Crippen molar-refractivity contribution in [3.8, 4) is 0 Å². The zero-order valence-corrected chi connectivity index (χ0v) is 9.75. The molecule has 0 aliphatic carbocycles. The largest absolute Gasteiger partial charge is 0.468 e. The third-order valence-electron chi connectivity index (χ3n) is 3.08. The van der Waals surface area contributed by atoms with Crippen molar-refractivity contribution < 1.29 is 9.53 Å². The molecule has 4 nitrogen and oxygen atoms in total. The quantitative estimate of drug-likeness (QED) is 0.541. The summed E-state index contributed by atoms with van der Waals surface area (Å²) in [6.45, 7) is 7.07. The molecule has 1 heterocycles. The standard InChI is InChI=1S/C11H20N2O2/c1-5-6-12-11(10(14)15-4)7-9(2)13(3)8-11/h5,9,12H,1,6-8H2,2-4H3. The van der Waals surface area contributed by atoms with Gasteiger partial charge in [-0.3, -0.25) is 10.1 Å². The third-order valence-corrected chi connectivity index (χ3v) is 3.08. The van der Waals surface area contributed by atoms with Crippen molar-refractivity contribution in [2.24, 2.45) is 0 Å². The van der Waals surface area contributed by atoms with Crippen molar-refractivity contribution in [3.05, 3.63) is 12.7 Å². The molecule has 1 N–H and O–H groups in total. The monoisotopic (exact) mass is 212 g/mol. The molecule has 2 unspecified atom stereocenters. The van der Waals surface area contributed by atoms with Gasteiger partial charge >= 0.3 is 5.97 Å². The Bertz CT molecular complexity index is 243. The lowest BCUT2D eigenvalue weighted by atomic mass is 9.96. The molecule has 0 amide bonds. The average Bonchev–Trinajstić information content (AvgIpc) is 2.52. The Morgan fingerprint density at radius 1 is 1.80 bits per heavy atom. The maximum atomic E-state index is 11.8. The van der Waals surface area contributed by atoms with E-state index >= 15 is 0 Å². The molecule has 0 spiro atoms. The zero-order chi connectivity index (χ0) is 11.5. The van der Waals surface area contributed by atoms with Crippen molar-refractivity contribution in [2.45, 2.75) is 24.9 Å². The van der Waals surface area contributed by atoms with Crippen molar-refractivity contribution in [2.75, 3.05) is 27.2 Å². The van der Waals surface area contributed by atoms with E-state index in [2.05, 4.69) is 23.7 Å². The van der Waals surface area contributed by atoms with Gasteiger partial charge in [0.2, 0.25) is 0 Å². The van der Waals surface area contributed by atoms with Gasteiger partial charge in [-0.1, -0.05) is 6.08 Å². The lowest BCUT2D eigenvalue weighted by Gasteiger charge is -2.26. The molecular weight excluding hydrogens is 192 g/mol. The van der Waals surface area contributed by atoms with Crippen LogP contribution in [-0.2, 0) is 9.53 Å². The highest BCUT2D eigenvalue weighted by Gasteiger charge is 2.47. The molecule has 0 radical (unpaired) electrons. The Morgan fingerprint density at radius 3 is 2.87 bits per heavy atom. The topological polar surface area (TPSA) is 41.6 Å². The number of likely N-dealkylation sites (N-methyl/N-ethyl adjacent to an activating group) is 1. The van der Waals surface area contributed by atoms with Crippen molar-refractivity contribution >= 4 is 5.97 Å². The highest BCUT2D eigenvalue weighted by atomic mass is 16.5. The second-order valence-electron chi connectivity index (χ2n) is 4.21. The predicted molar refractivity (Wildman–Crippen MR) is 59.7 cm³/mol. The van der Waals surface area contributed by atoms with E-state index in [1.165, 1.54) is 7.11 Å². The van der Waals surface area contributed by atoms with Gasteiger partial charge in [-0.2, -0.15) is 0 Å². The minimum absolute atomic E-state index is 0.180. The van der Waals surface area contributed by atoms with E-state index < -0.39 is 5.54 Å². The van der Waals surface area contributed by atoms with Crippen LogP contribution in [0.25, 0.3) is 0 Å². The molecule has 1 fully saturated rings. The lowest BCUT2D eigenvalue weighted by molar-refractivity contribution is -0.148. The number of nitrogens with zero attached hydrogens (tertiary/aromatic N) is 1. The Hall–Kier alpha value is -0.870. The maximum Gasteiger partial charge on any atom is 0.327 e. The van der Waals surface area contributed by atoms with E-state index in [1.807, 2.05) is 7.05 Å². The lowest BCUT2D eigenvalue weighted by Crippen LogP contribution is -2.54. The Balaban J connectivity index is 2.78. The fraction of sp³-hybridized carbons (Fsp3) is 0.727. The van der Waals surface area contributed by atoms with Gasteiger partial charge in [0, 0.05) is 19.1 Å². The number of likely N-dealkylation sites (tertiary alicyclic amines) is 1. The SMILES string of the molecule is C=CCNC1(C(=O)OC)CC(C)N(C)C1.